The molecule has 3 aliphatic rings. The van der Waals surface area contributed by atoms with Gasteiger partial charge in [-0.1, -0.05) is 20.3 Å². The summed E-state index contributed by atoms with van der Waals surface area (Å²) in [6, 6.07) is 6.20. The Morgan fingerprint density at radius 2 is 1.81 bits per heavy atom. The van der Waals surface area contributed by atoms with E-state index in [2.05, 4.69) is 6.92 Å². The fraction of sp³-hybridized carbons (Fsp3) is 0.667. The highest BCUT2D eigenvalue weighted by Gasteiger charge is 2.60. The van der Waals surface area contributed by atoms with E-state index in [9.17, 15) is 23.5 Å². The molecule has 0 heterocycles. The molecule has 7 heteroatoms. The van der Waals surface area contributed by atoms with Crippen LogP contribution in [0.2, 0.25) is 0 Å². The number of carbonyl (C=O) groups excluding carboxylic acids is 2. The van der Waals surface area contributed by atoms with E-state index < -0.39 is 29.9 Å². The average Bonchev–Trinajstić information content (AvgIpc) is 3.38. The number of halogens is 2. The highest BCUT2D eigenvalue weighted by molar-refractivity contribution is 5.90. The number of benzene rings is 1. The van der Waals surface area contributed by atoms with Gasteiger partial charge in [0.2, 0.25) is 0 Å². The average molecular weight is 435 g/mol. The summed E-state index contributed by atoms with van der Waals surface area (Å²) in [6.07, 6.45) is 4.07. The van der Waals surface area contributed by atoms with E-state index in [4.69, 9.17) is 9.47 Å². The first-order valence-corrected chi connectivity index (χ1v) is 11.1. The van der Waals surface area contributed by atoms with Gasteiger partial charge in [-0.15, -0.1) is 0 Å². The number of hydrogen-bond donors (Lipinski definition) is 0. The Hall–Kier alpha value is -2.18. The third kappa shape index (κ3) is 3.80. The Morgan fingerprint density at radius 1 is 1.16 bits per heavy atom. The smallest absolute Gasteiger partial charge is 0.338 e. The molecule has 6 unspecified atom stereocenters. The Balaban J connectivity index is 1.42. The number of esters is 1. The summed E-state index contributed by atoms with van der Waals surface area (Å²) < 4.78 is 39.0. The van der Waals surface area contributed by atoms with Crippen LogP contribution in [0.4, 0.5) is 8.78 Å². The summed E-state index contributed by atoms with van der Waals surface area (Å²) >= 11 is 0. The van der Waals surface area contributed by atoms with Crippen molar-refractivity contribution < 1.29 is 33.0 Å². The van der Waals surface area contributed by atoms with Gasteiger partial charge in [0.25, 0.3) is 0 Å². The van der Waals surface area contributed by atoms with Crippen molar-refractivity contribution in [3.8, 4) is 5.75 Å². The molecule has 3 fully saturated rings. The van der Waals surface area contributed by atoms with E-state index in [1.807, 2.05) is 0 Å². The molecule has 0 amide bonds. The maximum atomic E-state index is 13.9. The number of aliphatic carboxylic acids is 1. The van der Waals surface area contributed by atoms with Crippen LogP contribution in [0.25, 0.3) is 0 Å². The summed E-state index contributed by atoms with van der Waals surface area (Å²) in [6.45, 7) is 4.89. The van der Waals surface area contributed by atoms with Crippen molar-refractivity contribution in [2.45, 2.75) is 70.5 Å². The van der Waals surface area contributed by atoms with E-state index in [-0.39, 0.29) is 11.2 Å². The second-order valence-electron chi connectivity index (χ2n) is 9.98. The summed E-state index contributed by atoms with van der Waals surface area (Å²) in [7, 11) is 0. The van der Waals surface area contributed by atoms with Crippen LogP contribution in [0.3, 0.4) is 0 Å². The second kappa shape index (κ2) is 7.75. The van der Waals surface area contributed by atoms with Gasteiger partial charge in [-0.25, -0.2) is 4.79 Å². The van der Waals surface area contributed by atoms with Crippen molar-refractivity contribution in [1.82, 2.24) is 0 Å². The predicted molar refractivity (Wildman–Crippen MR) is 107 cm³/mol. The van der Waals surface area contributed by atoms with Gasteiger partial charge >= 0.3 is 11.9 Å². The van der Waals surface area contributed by atoms with Crippen molar-refractivity contribution >= 4 is 11.9 Å². The lowest BCUT2D eigenvalue weighted by Gasteiger charge is -2.40. The molecule has 3 aliphatic carbocycles. The molecule has 170 valence electrons. The minimum absolute atomic E-state index is 0.0566. The van der Waals surface area contributed by atoms with Gasteiger partial charge < -0.3 is 19.4 Å². The fourth-order valence-corrected chi connectivity index (χ4v) is 6.36. The minimum Gasteiger partial charge on any atom is -0.544 e. The number of carbonyl (C=O) groups is 2. The van der Waals surface area contributed by atoms with Crippen LogP contribution in [0, 0.1) is 29.6 Å². The largest absolute Gasteiger partial charge is 0.544 e. The van der Waals surface area contributed by atoms with Crippen molar-refractivity contribution in [1.29, 1.82) is 0 Å². The number of fused-ring (bicyclic) bond motifs is 5. The molecule has 0 N–H and O–H groups in total. The summed E-state index contributed by atoms with van der Waals surface area (Å²) in [5.74, 6) is -5.25. The zero-order valence-corrected chi connectivity index (χ0v) is 18.1. The lowest BCUT2D eigenvalue weighted by Crippen LogP contribution is -2.53. The molecular weight excluding hydrogens is 406 g/mol. The molecule has 0 radical (unpaired) electrons. The molecule has 5 nitrogen and oxygen atoms in total. The molecule has 2 bridgehead atoms. The molecule has 3 saturated carbocycles. The van der Waals surface area contributed by atoms with Crippen LogP contribution in [0.5, 0.6) is 5.75 Å². The van der Waals surface area contributed by atoms with Gasteiger partial charge in [0, 0.05) is 5.92 Å². The van der Waals surface area contributed by atoms with Gasteiger partial charge in [-0.3, -0.25) is 0 Å². The van der Waals surface area contributed by atoms with E-state index in [1.165, 1.54) is 51.7 Å². The number of alkyl halides is 2. The first-order valence-electron chi connectivity index (χ1n) is 11.1. The first-order chi connectivity index (χ1) is 14.5. The molecule has 6 atom stereocenters. The van der Waals surface area contributed by atoms with Crippen LogP contribution >= 0.6 is 0 Å². The molecule has 0 aromatic heterocycles. The van der Waals surface area contributed by atoms with Gasteiger partial charge in [0.1, 0.15) is 17.3 Å². The predicted octanol–water partition coefficient (Wildman–Crippen LogP) is 3.85. The SMILES string of the molecule is CC(C)C(OC(=O)c1ccc(OC2(C)CC3CC2C2CCCC32)cc1)C(F)(F)C(=O)[O-]. The summed E-state index contributed by atoms with van der Waals surface area (Å²) in [5, 5.41) is 10.8. The number of hydrogen-bond acceptors (Lipinski definition) is 5. The van der Waals surface area contributed by atoms with Crippen LogP contribution in [-0.2, 0) is 9.53 Å². The molecule has 0 aliphatic heterocycles. The Labute approximate surface area is 181 Å². The van der Waals surface area contributed by atoms with E-state index in [1.54, 1.807) is 12.1 Å². The maximum absolute atomic E-state index is 13.9. The molecule has 1 aromatic carbocycles. The van der Waals surface area contributed by atoms with Crippen LogP contribution in [-0.4, -0.2) is 29.6 Å². The topological polar surface area (TPSA) is 75.7 Å². The highest BCUT2D eigenvalue weighted by atomic mass is 19.3. The Bertz CT molecular complexity index is 852. The number of carboxylic acids is 1. The zero-order valence-electron chi connectivity index (χ0n) is 18.1. The van der Waals surface area contributed by atoms with E-state index in [0.717, 1.165) is 24.2 Å². The van der Waals surface area contributed by atoms with Gasteiger partial charge in [-0.2, -0.15) is 8.78 Å². The highest BCUT2D eigenvalue weighted by Crippen LogP contribution is 2.63. The Morgan fingerprint density at radius 3 is 2.42 bits per heavy atom. The van der Waals surface area contributed by atoms with Crippen molar-refractivity contribution in [3.63, 3.8) is 0 Å². The second-order valence-corrected chi connectivity index (χ2v) is 9.98. The third-order valence-electron chi connectivity index (χ3n) is 7.67. The molecule has 1 aromatic rings. The lowest BCUT2D eigenvalue weighted by atomic mass is 9.73. The monoisotopic (exact) mass is 435 g/mol. The zero-order chi connectivity index (χ0) is 22.6. The standard InChI is InChI=1S/C24H30F2O5/c1-13(2)20(24(25,26)22(28)29)30-21(27)14-7-9-16(10-8-14)31-23(3)12-15-11-19(23)18-6-4-5-17(15)18/h7-10,13,15,17-20H,4-6,11-12H2,1-3H3,(H,28,29)/p-1. The number of rotatable bonds is 7. The van der Waals surface area contributed by atoms with Gasteiger partial charge in [0.15, 0.2) is 6.10 Å². The normalized spacial score (nSPS) is 32.7. The van der Waals surface area contributed by atoms with Crippen molar-refractivity contribution in [2.24, 2.45) is 29.6 Å². The Kier molecular flexibility index (Phi) is 5.51. The number of ether oxygens (including phenoxy) is 2. The van der Waals surface area contributed by atoms with Crippen LogP contribution in [0.1, 0.15) is 63.2 Å². The lowest BCUT2D eigenvalue weighted by molar-refractivity contribution is -0.337. The minimum atomic E-state index is -4.28. The molecule has 31 heavy (non-hydrogen) atoms. The number of carboxylic acid groups (broad SMARTS) is 1. The fourth-order valence-electron chi connectivity index (χ4n) is 6.36. The van der Waals surface area contributed by atoms with Crippen molar-refractivity contribution in [2.75, 3.05) is 0 Å². The van der Waals surface area contributed by atoms with E-state index in [0.29, 0.717) is 11.7 Å². The van der Waals surface area contributed by atoms with Crippen LogP contribution in [0.15, 0.2) is 24.3 Å². The maximum Gasteiger partial charge on any atom is 0.338 e. The van der Waals surface area contributed by atoms with Crippen LogP contribution < -0.4 is 9.84 Å². The molecule has 0 saturated heterocycles. The molecular formula is C24H29F2O5-. The summed E-state index contributed by atoms with van der Waals surface area (Å²) in [5.41, 5.74) is -0.168. The van der Waals surface area contributed by atoms with Crippen molar-refractivity contribution in [3.05, 3.63) is 29.8 Å². The third-order valence-corrected chi connectivity index (χ3v) is 7.67. The summed E-state index contributed by atoms with van der Waals surface area (Å²) in [4.78, 5) is 23.1. The van der Waals surface area contributed by atoms with Gasteiger partial charge in [-0.05, 0) is 80.5 Å². The first kappa shape index (κ1) is 22.0. The quantitative estimate of drug-likeness (QED) is 0.608. The van der Waals surface area contributed by atoms with E-state index >= 15 is 0 Å². The molecule has 4 rings (SSSR count). The molecule has 0 spiro atoms. The van der Waals surface area contributed by atoms with Gasteiger partial charge in [0.05, 0.1) is 5.56 Å².